The normalized spacial score (nSPS) is 15.9. The van der Waals surface area contributed by atoms with Gasteiger partial charge in [0.2, 0.25) is 5.28 Å². The van der Waals surface area contributed by atoms with Gasteiger partial charge in [0.15, 0.2) is 0 Å². The van der Waals surface area contributed by atoms with Crippen molar-refractivity contribution in [3.05, 3.63) is 40.5 Å². The van der Waals surface area contributed by atoms with Crippen LogP contribution in [0.4, 0.5) is 5.82 Å². The molecule has 3 aromatic rings. The first-order valence-electron chi connectivity index (χ1n) is 8.94. The van der Waals surface area contributed by atoms with Gasteiger partial charge in [-0.15, -0.1) is 11.3 Å². The molecule has 25 heavy (non-hydrogen) atoms. The molecule has 0 aliphatic carbocycles. The summed E-state index contributed by atoms with van der Waals surface area (Å²) in [4.78, 5) is 12.5. The number of nitrogens with zero attached hydrogens (tertiary/aromatic N) is 3. The molecule has 0 spiro atoms. The van der Waals surface area contributed by atoms with Crippen LogP contribution in [0.3, 0.4) is 0 Å². The third-order valence-electron chi connectivity index (χ3n) is 5.14. The van der Waals surface area contributed by atoms with Crippen molar-refractivity contribution in [1.29, 1.82) is 0 Å². The van der Waals surface area contributed by atoms with E-state index < -0.39 is 0 Å². The number of hydrogen-bond acceptors (Lipinski definition) is 4. The number of anilines is 1. The molecule has 130 valence electrons. The molecule has 1 aliphatic heterocycles. The quantitative estimate of drug-likeness (QED) is 0.544. The van der Waals surface area contributed by atoms with Gasteiger partial charge in [-0.1, -0.05) is 38.1 Å². The van der Waals surface area contributed by atoms with E-state index >= 15 is 0 Å². The molecular formula is C20H22ClN3S. The molecule has 3 heterocycles. The van der Waals surface area contributed by atoms with Crippen LogP contribution in [0.5, 0.6) is 0 Å². The molecule has 2 aromatic heterocycles. The largest absolute Gasteiger partial charge is 0.356 e. The number of aromatic nitrogens is 2. The Kier molecular flexibility index (Phi) is 4.65. The van der Waals surface area contributed by atoms with Gasteiger partial charge in [0.05, 0.1) is 5.39 Å². The zero-order chi connectivity index (χ0) is 17.4. The van der Waals surface area contributed by atoms with E-state index in [4.69, 9.17) is 11.6 Å². The average Bonchev–Trinajstić information content (AvgIpc) is 3.05. The Morgan fingerprint density at radius 1 is 1.16 bits per heavy atom. The van der Waals surface area contributed by atoms with Crippen molar-refractivity contribution >= 4 is 39.0 Å². The van der Waals surface area contributed by atoms with Gasteiger partial charge >= 0.3 is 0 Å². The summed E-state index contributed by atoms with van der Waals surface area (Å²) in [6, 6.07) is 8.82. The molecule has 0 saturated carbocycles. The van der Waals surface area contributed by atoms with Gasteiger partial charge in [-0.2, -0.15) is 4.98 Å². The highest BCUT2D eigenvalue weighted by molar-refractivity contribution is 7.17. The van der Waals surface area contributed by atoms with Crippen LogP contribution in [-0.2, 0) is 6.42 Å². The maximum absolute atomic E-state index is 6.22. The van der Waals surface area contributed by atoms with Crippen LogP contribution < -0.4 is 4.90 Å². The van der Waals surface area contributed by atoms with Gasteiger partial charge in [-0.25, -0.2) is 4.98 Å². The summed E-state index contributed by atoms with van der Waals surface area (Å²) in [5.74, 6) is 1.78. The maximum atomic E-state index is 6.22. The molecule has 3 nitrogen and oxygen atoms in total. The molecule has 0 atom stereocenters. The molecule has 0 radical (unpaired) electrons. The van der Waals surface area contributed by atoms with Crippen LogP contribution >= 0.6 is 22.9 Å². The highest BCUT2D eigenvalue weighted by Crippen LogP contribution is 2.39. The van der Waals surface area contributed by atoms with Gasteiger partial charge in [0.1, 0.15) is 10.6 Å². The lowest BCUT2D eigenvalue weighted by Crippen LogP contribution is -2.33. The van der Waals surface area contributed by atoms with E-state index in [9.17, 15) is 0 Å². The second-order valence-electron chi connectivity index (χ2n) is 6.87. The van der Waals surface area contributed by atoms with Crippen molar-refractivity contribution in [1.82, 2.24) is 9.97 Å². The minimum atomic E-state index is 0.343. The number of halogens is 1. The number of benzene rings is 1. The highest BCUT2D eigenvalue weighted by atomic mass is 35.5. The van der Waals surface area contributed by atoms with Crippen molar-refractivity contribution in [2.24, 2.45) is 5.92 Å². The number of piperidine rings is 1. The molecule has 0 amide bonds. The summed E-state index contributed by atoms with van der Waals surface area (Å²) >= 11 is 7.87. The Morgan fingerprint density at radius 2 is 1.88 bits per heavy atom. The molecule has 1 fully saturated rings. The van der Waals surface area contributed by atoms with E-state index in [0.29, 0.717) is 5.28 Å². The average molecular weight is 372 g/mol. The SMILES string of the molecule is CCc1ccc(-c2csc3nc(Cl)nc(N4CCC(C)CC4)c23)cc1. The van der Waals surface area contributed by atoms with E-state index in [-0.39, 0.29) is 0 Å². The van der Waals surface area contributed by atoms with Crippen LogP contribution in [0.2, 0.25) is 5.28 Å². The lowest BCUT2D eigenvalue weighted by molar-refractivity contribution is 0.437. The monoisotopic (exact) mass is 371 g/mol. The molecule has 0 unspecified atom stereocenters. The van der Waals surface area contributed by atoms with Crippen LogP contribution in [0.1, 0.15) is 32.3 Å². The lowest BCUT2D eigenvalue weighted by atomic mass is 9.98. The second-order valence-corrected chi connectivity index (χ2v) is 8.06. The summed E-state index contributed by atoms with van der Waals surface area (Å²) in [5, 5.41) is 3.68. The van der Waals surface area contributed by atoms with E-state index in [1.54, 1.807) is 11.3 Å². The molecule has 0 bridgehead atoms. The number of hydrogen-bond donors (Lipinski definition) is 0. The highest BCUT2D eigenvalue weighted by Gasteiger charge is 2.22. The van der Waals surface area contributed by atoms with Crippen LogP contribution in [0.15, 0.2) is 29.6 Å². The van der Waals surface area contributed by atoms with Gasteiger partial charge in [0.25, 0.3) is 0 Å². The third-order valence-corrected chi connectivity index (χ3v) is 6.18. The van der Waals surface area contributed by atoms with E-state index in [1.807, 2.05) is 0 Å². The Labute approximate surface area is 157 Å². The number of fused-ring (bicyclic) bond motifs is 1. The molecule has 1 aliphatic rings. The lowest BCUT2D eigenvalue weighted by Gasteiger charge is -2.31. The van der Waals surface area contributed by atoms with Crippen molar-refractivity contribution in [3.8, 4) is 11.1 Å². The molecule has 1 aromatic carbocycles. The van der Waals surface area contributed by atoms with Crippen LogP contribution in [-0.4, -0.2) is 23.1 Å². The first-order valence-corrected chi connectivity index (χ1v) is 10.2. The first-order chi connectivity index (χ1) is 12.2. The van der Waals surface area contributed by atoms with Crippen molar-refractivity contribution in [2.45, 2.75) is 33.1 Å². The Morgan fingerprint density at radius 3 is 2.56 bits per heavy atom. The maximum Gasteiger partial charge on any atom is 0.225 e. The summed E-state index contributed by atoms with van der Waals surface area (Å²) in [7, 11) is 0. The number of aryl methyl sites for hydroxylation is 1. The standard InChI is InChI=1S/C20H22ClN3S/c1-3-14-4-6-15(7-5-14)16-12-25-19-17(16)18(22-20(21)23-19)24-10-8-13(2)9-11-24/h4-7,12-13H,3,8-11H2,1-2H3. The molecular weight excluding hydrogens is 350 g/mol. The summed E-state index contributed by atoms with van der Waals surface area (Å²) in [5.41, 5.74) is 3.79. The van der Waals surface area contributed by atoms with Gasteiger partial charge in [-0.05, 0) is 47.9 Å². The molecule has 0 N–H and O–H groups in total. The topological polar surface area (TPSA) is 29.0 Å². The van der Waals surface area contributed by atoms with E-state index in [0.717, 1.165) is 41.5 Å². The van der Waals surface area contributed by atoms with Crippen LogP contribution in [0.25, 0.3) is 21.3 Å². The molecule has 1 saturated heterocycles. The fourth-order valence-electron chi connectivity index (χ4n) is 3.48. The first kappa shape index (κ1) is 16.8. The van der Waals surface area contributed by atoms with Gasteiger partial charge in [-0.3, -0.25) is 0 Å². The minimum absolute atomic E-state index is 0.343. The van der Waals surface area contributed by atoms with Crippen molar-refractivity contribution in [3.63, 3.8) is 0 Å². The Balaban J connectivity index is 1.83. The van der Waals surface area contributed by atoms with Crippen molar-refractivity contribution in [2.75, 3.05) is 18.0 Å². The number of rotatable bonds is 3. The minimum Gasteiger partial charge on any atom is -0.356 e. The van der Waals surface area contributed by atoms with E-state index in [2.05, 4.69) is 58.4 Å². The Bertz CT molecular complexity index is 880. The molecule has 4 rings (SSSR count). The summed E-state index contributed by atoms with van der Waals surface area (Å²) in [6.07, 6.45) is 3.46. The van der Waals surface area contributed by atoms with Gasteiger partial charge < -0.3 is 4.90 Å². The zero-order valence-electron chi connectivity index (χ0n) is 14.6. The fourth-order valence-corrected chi connectivity index (χ4v) is 4.64. The molecule has 5 heteroatoms. The fraction of sp³-hybridized carbons (Fsp3) is 0.400. The zero-order valence-corrected chi connectivity index (χ0v) is 16.2. The van der Waals surface area contributed by atoms with Gasteiger partial charge in [0, 0.05) is 24.0 Å². The number of thiophene rings is 1. The predicted octanol–water partition coefficient (Wildman–Crippen LogP) is 5.81. The smallest absolute Gasteiger partial charge is 0.225 e. The van der Waals surface area contributed by atoms with E-state index in [1.165, 1.54) is 29.5 Å². The van der Waals surface area contributed by atoms with Crippen molar-refractivity contribution < 1.29 is 0 Å². The van der Waals surface area contributed by atoms with Crippen LogP contribution in [0, 0.1) is 5.92 Å². The second kappa shape index (κ2) is 6.93. The Hall–Kier alpha value is -1.65. The summed E-state index contributed by atoms with van der Waals surface area (Å²) in [6.45, 7) is 6.58. The predicted molar refractivity (Wildman–Crippen MR) is 108 cm³/mol. The third kappa shape index (κ3) is 3.25. The summed E-state index contributed by atoms with van der Waals surface area (Å²) < 4.78 is 0.